The molecule has 0 unspecified atom stereocenters. The van der Waals surface area contributed by atoms with E-state index in [4.69, 9.17) is 0 Å². The molecule has 3 rings (SSSR count). The second-order valence-corrected chi connectivity index (χ2v) is 5.51. The molecule has 0 saturated heterocycles. The highest BCUT2D eigenvalue weighted by atomic mass is 16.1. The van der Waals surface area contributed by atoms with Crippen LogP contribution in [0.1, 0.15) is 11.1 Å². The van der Waals surface area contributed by atoms with Crippen LogP contribution >= 0.6 is 0 Å². The maximum Gasteiger partial charge on any atom is 0.229 e. The molecule has 120 valence electrons. The van der Waals surface area contributed by atoms with Gasteiger partial charge in [0.15, 0.2) is 11.6 Å². The van der Waals surface area contributed by atoms with Crippen LogP contribution in [0.15, 0.2) is 66.7 Å². The van der Waals surface area contributed by atoms with Crippen LogP contribution in [0.25, 0.3) is 0 Å². The van der Waals surface area contributed by atoms with Crippen molar-refractivity contribution in [2.75, 3.05) is 10.6 Å². The van der Waals surface area contributed by atoms with Crippen molar-refractivity contribution in [1.29, 1.82) is 0 Å². The molecule has 0 radical (unpaired) electrons. The monoisotopic (exact) mass is 318 g/mol. The van der Waals surface area contributed by atoms with Crippen LogP contribution in [0.4, 0.5) is 17.3 Å². The largest absolute Gasteiger partial charge is 0.339 e. The number of aryl methyl sites for hydroxylation is 1. The topological polar surface area (TPSA) is 66.9 Å². The third-order valence-corrected chi connectivity index (χ3v) is 3.43. The van der Waals surface area contributed by atoms with Crippen LogP contribution in [0, 0.1) is 6.92 Å². The summed E-state index contributed by atoms with van der Waals surface area (Å²) in [6, 6.07) is 21.1. The van der Waals surface area contributed by atoms with Gasteiger partial charge in [-0.05, 0) is 36.8 Å². The molecule has 3 aromatic rings. The molecule has 0 aliphatic rings. The van der Waals surface area contributed by atoms with E-state index in [0.29, 0.717) is 18.1 Å². The van der Waals surface area contributed by atoms with Crippen molar-refractivity contribution in [3.63, 3.8) is 0 Å². The Bertz CT molecular complexity index is 816. The van der Waals surface area contributed by atoms with Crippen LogP contribution in [0.5, 0.6) is 0 Å². The molecule has 1 amide bonds. The van der Waals surface area contributed by atoms with Crippen molar-refractivity contribution in [2.45, 2.75) is 13.3 Å². The fourth-order valence-corrected chi connectivity index (χ4v) is 2.33. The van der Waals surface area contributed by atoms with E-state index < -0.39 is 0 Å². The van der Waals surface area contributed by atoms with Gasteiger partial charge >= 0.3 is 0 Å². The summed E-state index contributed by atoms with van der Waals surface area (Å²) in [6.07, 6.45) is 0.313. The Kier molecular flexibility index (Phi) is 4.81. The average molecular weight is 318 g/mol. The van der Waals surface area contributed by atoms with Gasteiger partial charge in [-0.1, -0.05) is 48.0 Å². The minimum absolute atomic E-state index is 0.112. The molecular weight excluding hydrogens is 300 g/mol. The summed E-state index contributed by atoms with van der Waals surface area (Å²) >= 11 is 0. The van der Waals surface area contributed by atoms with Gasteiger partial charge in [-0.25, -0.2) is 0 Å². The first kappa shape index (κ1) is 15.7. The molecule has 0 aliphatic heterocycles. The number of carbonyl (C=O) groups is 1. The summed E-state index contributed by atoms with van der Waals surface area (Å²) < 4.78 is 0. The van der Waals surface area contributed by atoms with Crippen LogP contribution in [0.2, 0.25) is 0 Å². The lowest BCUT2D eigenvalue weighted by Crippen LogP contribution is -2.15. The van der Waals surface area contributed by atoms with Gasteiger partial charge in [-0.2, -0.15) is 0 Å². The molecule has 0 spiro atoms. The number of hydrogen-bond acceptors (Lipinski definition) is 4. The maximum atomic E-state index is 12.1. The van der Waals surface area contributed by atoms with Gasteiger partial charge in [-0.3, -0.25) is 4.79 Å². The lowest BCUT2D eigenvalue weighted by atomic mass is 10.1. The Morgan fingerprint density at radius 3 is 2.38 bits per heavy atom. The number of para-hydroxylation sites is 1. The van der Waals surface area contributed by atoms with Gasteiger partial charge in [-0.15, -0.1) is 10.2 Å². The van der Waals surface area contributed by atoms with Gasteiger partial charge in [0.25, 0.3) is 0 Å². The number of nitrogens with zero attached hydrogens (tertiary/aromatic N) is 2. The van der Waals surface area contributed by atoms with E-state index in [1.165, 1.54) is 0 Å². The third kappa shape index (κ3) is 4.39. The molecule has 1 aromatic heterocycles. The van der Waals surface area contributed by atoms with Crippen LogP contribution in [-0.4, -0.2) is 16.1 Å². The molecule has 2 N–H and O–H groups in total. The lowest BCUT2D eigenvalue weighted by molar-refractivity contribution is -0.115. The molecular formula is C19H18N4O. The lowest BCUT2D eigenvalue weighted by Gasteiger charge is -2.07. The zero-order chi connectivity index (χ0) is 16.8. The molecule has 24 heavy (non-hydrogen) atoms. The highest BCUT2D eigenvalue weighted by Crippen LogP contribution is 2.14. The van der Waals surface area contributed by atoms with Gasteiger partial charge in [0.2, 0.25) is 5.91 Å². The molecule has 1 heterocycles. The molecule has 0 aliphatic carbocycles. The number of nitrogens with one attached hydrogen (secondary N) is 2. The molecule has 5 nitrogen and oxygen atoms in total. The van der Waals surface area contributed by atoms with E-state index in [2.05, 4.69) is 20.8 Å². The van der Waals surface area contributed by atoms with Crippen molar-refractivity contribution in [2.24, 2.45) is 0 Å². The first-order valence-electron chi connectivity index (χ1n) is 7.70. The van der Waals surface area contributed by atoms with Crippen LogP contribution < -0.4 is 10.6 Å². The minimum Gasteiger partial charge on any atom is -0.339 e. The summed E-state index contributed by atoms with van der Waals surface area (Å²) in [4.78, 5) is 12.1. The Morgan fingerprint density at radius 1 is 0.917 bits per heavy atom. The maximum absolute atomic E-state index is 12.1. The second-order valence-electron chi connectivity index (χ2n) is 5.51. The standard InChI is InChI=1S/C19H18N4O/c1-14-6-5-7-15(12-14)13-19(24)21-18-11-10-17(22-23-18)20-16-8-3-2-4-9-16/h2-12H,13H2,1H3,(H,20,22)(H,21,23,24). The van der Waals surface area contributed by atoms with Gasteiger partial charge in [0.05, 0.1) is 6.42 Å². The zero-order valence-corrected chi connectivity index (χ0v) is 13.4. The highest BCUT2D eigenvalue weighted by molar-refractivity contribution is 5.91. The minimum atomic E-state index is -0.112. The fourth-order valence-electron chi connectivity index (χ4n) is 2.33. The molecule has 0 saturated carbocycles. The summed E-state index contributed by atoms with van der Waals surface area (Å²) in [5, 5.41) is 14.0. The number of carbonyl (C=O) groups excluding carboxylic acids is 1. The Morgan fingerprint density at radius 2 is 1.67 bits per heavy atom. The van der Waals surface area contributed by atoms with Gasteiger partial charge in [0, 0.05) is 5.69 Å². The van der Waals surface area contributed by atoms with E-state index in [-0.39, 0.29) is 5.91 Å². The fraction of sp³-hybridized carbons (Fsp3) is 0.105. The highest BCUT2D eigenvalue weighted by Gasteiger charge is 2.06. The first-order chi connectivity index (χ1) is 11.7. The van der Waals surface area contributed by atoms with Crippen LogP contribution in [-0.2, 0) is 11.2 Å². The predicted molar refractivity (Wildman–Crippen MR) is 95.3 cm³/mol. The molecule has 0 fully saturated rings. The average Bonchev–Trinajstić information content (AvgIpc) is 2.57. The normalized spacial score (nSPS) is 10.2. The number of hydrogen-bond donors (Lipinski definition) is 2. The molecule has 0 bridgehead atoms. The Balaban J connectivity index is 1.58. The van der Waals surface area contributed by atoms with Crippen molar-refractivity contribution in [3.05, 3.63) is 77.9 Å². The van der Waals surface area contributed by atoms with E-state index in [1.54, 1.807) is 12.1 Å². The van der Waals surface area contributed by atoms with E-state index in [0.717, 1.165) is 16.8 Å². The number of amides is 1. The molecule has 0 atom stereocenters. The third-order valence-electron chi connectivity index (χ3n) is 3.43. The van der Waals surface area contributed by atoms with E-state index >= 15 is 0 Å². The first-order valence-corrected chi connectivity index (χ1v) is 7.70. The predicted octanol–water partition coefficient (Wildman–Crippen LogP) is 3.71. The number of rotatable bonds is 5. The quantitative estimate of drug-likeness (QED) is 0.752. The summed E-state index contributed by atoms with van der Waals surface area (Å²) in [7, 11) is 0. The van der Waals surface area contributed by atoms with Crippen LogP contribution in [0.3, 0.4) is 0 Å². The summed E-state index contributed by atoms with van der Waals surface area (Å²) in [5.41, 5.74) is 3.04. The molecule has 2 aromatic carbocycles. The smallest absolute Gasteiger partial charge is 0.229 e. The van der Waals surface area contributed by atoms with Gasteiger partial charge in [0.1, 0.15) is 0 Å². The number of benzene rings is 2. The van der Waals surface area contributed by atoms with Crippen molar-refractivity contribution >= 4 is 23.2 Å². The van der Waals surface area contributed by atoms with Crippen molar-refractivity contribution < 1.29 is 4.79 Å². The molecule has 5 heteroatoms. The second kappa shape index (κ2) is 7.37. The Labute approximate surface area is 140 Å². The number of aromatic nitrogens is 2. The van der Waals surface area contributed by atoms with E-state index in [1.807, 2.05) is 61.5 Å². The Hall–Kier alpha value is -3.21. The zero-order valence-electron chi connectivity index (χ0n) is 13.4. The van der Waals surface area contributed by atoms with Gasteiger partial charge < -0.3 is 10.6 Å². The summed E-state index contributed by atoms with van der Waals surface area (Å²) in [6.45, 7) is 2.01. The van der Waals surface area contributed by atoms with Crippen molar-refractivity contribution in [3.8, 4) is 0 Å². The summed E-state index contributed by atoms with van der Waals surface area (Å²) in [5.74, 6) is 0.947. The SMILES string of the molecule is Cc1cccc(CC(=O)Nc2ccc(Nc3ccccc3)nn2)c1. The number of anilines is 3. The van der Waals surface area contributed by atoms with Crippen molar-refractivity contribution in [1.82, 2.24) is 10.2 Å². The van der Waals surface area contributed by atoms with E-state index in [9.17, 15) is 4.79 Å².